The monoisotopic (exact) mass is 376 g/mol. The molecule has 0 aliphatic rings. The fraction of sp³-hybridized carbons (Fsp3) is 0.278. The molecule has 0 spiro atoms. The lowest BCUT2D eigenvalue weighted by atomic mass is 10.1. The van der Waals surface area contributed by atoms with Crippen molar-refractivity contribution in [1.29, 1.82) is 0 Å². The third-order valence-corrected chi connectivity index (χ3v) is 5.47. The summed E-state index contributed by atoms with van der Waals surface area (Å²) in [4.78, 5) is 30.7. The molecule has 0 saturated carbocycles. The Kier molecular flexibility index (Phi) is 4.92. The van der Waals surface area contributed by atoms with Crippen LogP contribution in [0.5, 0.6) is 0 Å². The second-order valence-electron chi connectivity index (χ2n) is 5.81. The average Bonchev–Trinajstić information content (AvgIpc) is 2.98. The summed E-state index contributed by atoms with van der Waals surface area (Å²) in [7, 11) is 0. The summed E-state index contributed by atoms with van der Waals surface area (Å²) >= 11 is 7.50. The van der Waals surface area contributed by atoms with Gasteiger partial charge in [0.2, 0.25) is 0 Å². The summed E-state index contributed by atoms with van der Waals surface area (Å²) in [6, 6.07) is 8.07. The van der Waals surface area contributed by atoms with E-state index in [1.165, 1.54) is 22.8 Å². The van der Waals surface area contributed by atoms with Gasteiger partial charge < -0.3 is 5.11 Å². The number of carboxylic acids is 1. The summed E-state index contributed by atoms with van der Waals surface area (Å²) in [5, 5.41) is 10.5. The molecule has 130 valence electrons. The largest absolute Gasteiger partial charge is 0.480 e. The number of benzene rings is 1. The Labute approximate surface area is 153 Å². The van der Waals surface area contributed by atoms with Crippen LogP contribution in [0.4, 0.5) is 0 Å². The summed E-state index contributed by atoms with van der Waals surface area (Å²) in [5.41, 5.74) is 0.560. The maximum Gasteiger partial charge on any atom is 0.326 e. The van der Waals surface area contributed by atoms with E-state index in [1.807, 2.05) is 25.1 Å². The number of aryl methyl sites for hydroxylation is 1. The molecule has 7 heteroatoms. The van der Waals surface area contributed by atoms with Crippen molar-refractivity contribution in [3.8, 4) is 0 Å². The van der Waals surface area contributed by atoms with Gasteiger partial charge in [-0.25, -0.2) is 9.78 Å². The number of hydrogen-bond acceptors (Lipinski definition) is 4. The smallest absolute Gasteiger partial charge is 0.326 e. The number of carboxylic acid groups (broad SMARTS) is 1. The molecule has 0 aliphatic heterocycles. The van der Waals surface area contributed by atoms with Crippen molar-refractivity contribution in [3.63, 3.8) is 0 Å². The van der Waals surface area contributed by atoms with E-state index in [4.69, 9.17) is 11.6 Å². The van der Waals surface area contributed by atoms with Gasteiger partial charge in [0.05, 0.1) is 5.39 Å². The summed E-state index contributed by atoms with van der Waals surface area (Å²) in [6.07, 6.45) is 1.14. The molecule has 2 aromatic heterocycles. The molecule has 1 aromatic carbocycles. The normalized spacial score (nSPS) is 12.4. The molecular weight excluding hydrogens is 360 g/mol. The van der Waals surface area contributed by atoms with Gasteiger partial charge >= 0.3 is 5.97 Å². The zero-order valence-corrected chi connectivity index (χ0v) is 15.4. The molecule has 0 radical (unpaired) electrons. The summed E-state index contributed by atoms with van der Waals surface area (Å²) < 4.78 is 1.28. The SMILES string of the molecule is CCc1cc2c(=O)n(C(C)C(=O)O)c(Cc3cccc(Cl)c3)nc2s1. The van der Waals surface area contributed by atoms with Crippen LogP contribution in [0.1, 0.15) is 36.2 Å². The number of hydrogen-bond donors (Lipinski definition) is 1. The number of halogens is 1. The molecule has 0 saturated heterocycles. The Balaban J connectivity index is 2.22. The summed E-state index contributed by atoms with van der Waals surface area (Å²) in [6.45, 7) is 3.50. The molecule has 0 bridgehead atoms. The van der Waals surface area contributed by atoms with Crippen LogP contribution in [0.25, 0.3) is 10.2 Å². The van der Waals surface area contributed by atoms with Crippen molar-refractivity contribution in [2.45, 2.75) is 32.7 Å². The van der Waals surface area contributed by atoms with Crippen molar-refractivity contribution in [2.24, 2.45) is 0 Å². The lowest BCUT2D eigenvalue weighted by Crippen LogP contribution is -2.31. The van der Waals surface area contributed by atoms with Crippen LogP contribution < -0.4 is 5.56 Å². The molecule has 0 aliphatic carbocycles. The molecule has 1 unspecified atom stereocenters. The average molecular weight is 377 g/mol. The van der Waals surface area contributed by atoms with Gasteiger partial charge in [-0.05, 0) is 37.1 Å². The first-order chi connectivity index (χ1) is 11.9. The number of fused-ring (bicyclic) bond motifs is 1. The lowest BCUT2D eigenvalue weighted by Gasteiger charge is -2.16. The first kappa shape index (κ1) is 17.6. The molecule has 3 aromatic rings. The van der Waals surface area contributed by atoms with E-state index in [0.717, 1.165) is 16.9 Å². The fourth-order valence-electron chi connectivity index (χ4n) is 2.72. The molecule has 5 nitrogen and oxygen atoms in total. The van der Waals surface area contributed by atoms with Crippen LogP contribution >= 0.6 is 22.9 Å². The van der Waals surface area contributed by atoms with Gasteiger partial charge in [0.25, 0.3) is 5.56 Å². The molecular formula is C18H17ClN2O3S. The third kappa shape index (κ3) is 3.45. The number of rotatable bonds is 5. The number of aliphatic carboxylic acids is 1. The molecule has 3 rings (SSSR count). The highest BCUT2D eigenvalue weighted by molar-refractivity contribution is 7.18. The molecule has 0 fully saturated rings. The Morgan fingerprint density at radius 2 is 2.16 bits per heavy atom. The van der Waals surface area contributed by atoms with Gasteiger partial charge in [-0.2, -0.15) is 0 Å². The van der Waals surface area contributed by atoms with Crippen molar-refractivity contribution in [1.82, 2.24) is 9.55 Å². The third-order valence-electron chi connectivity index (χ3n) is 4.07. The molecule has 25 heavy (non-hydrogen) atoms. The van der Waals surface area contributed by atoms with Crippen LogP contribution in [-0.2, 0) is 17.6 Å². The van der Waals surface area contributed by atoms with Crippen molar-refractivity contribution in [3.05, 3.63) is 62.0 Å². The number of carbonyl (C=O) groups is 1. The Morgan fingerprint density at radius 1 is 1.40 bits per heavy atom. The minimum atomic E-state index is -1.07. The van der Waals surface area contributed by atoms with Gasteiger partial charge in [0, 0.05) is 16.3 Å². The quantitative estimate of drug-likeness (QED) is 0.732. The second kappa shape index (κ2) is 6.98. The lowest BCUT2D eigenvalue weighted by molar-refractivity contribution is -0.140. The second-order valence-corrected chi connectivity index (χ2v) is 7.36. The zero-order valence-electron chi connectivity index (χ0n) is 13.8. The maximum atomic E-state index is 12.9. The number of nitrogens with zero attached hydrogens (tertiary/aromatic N) is 2. The van der Waals surface area contributed by atoms with Gasteiger partial charge in [-0.3, -0.25) is 9.36 Å². The minimum absolute atomic E-state index is 0.312. The number of aromatic nitrogens is 2. The maximum absolute atomic E-state index is 12.9. The molecule has 1 atom stereocenters. The molecule has 0 amide bonds. The first-order valence-corrected chi connectivity index (χ1v) is 9.11. The van der Waals surface area contributed by atoms with Crippen molar-refractivity contribution in [2.75, 3.05) is 0 Å². The van der Waals surface area contributed by atoms with Crippen LogP contribution in [0.3, 0.4) is 0 Å². The Hall–Kier alpha value is -2.18. The van der Waals surface area contributed by atoms with Gasteiger partial charge in [-0.15, -0.1) is 11.3 Å². The van der Waals surface area contributed by atoms with Gasteiger partial charge in [-0.1, -0.05) is 30.7 Å². The molecule has 1 N–H and O–H groups in total. The highest BCUT2D eigenvalue weighted by Crippen LogP contribution is 2.24. The van der Waals surface area contributed by atoms with E-state index >= 15 is 0 Å². The van der Waals surface area contributed by atoms with Crippen LogP contribution in [-0.4, -0.2) is 20.6 Å². The summed E-state index contributed by atoms with van der Waals surface area (Å²) in [5.74, 6) is -0.638. The highest BCUT2D eigenvalue weighted by atomic mass is 35.5. The zero-order chi connectivity index (χ0) is 18.1. The Bertz CT molecular complexity index is 1010. The first-order valence-electron chi connectivity index (χ1n) is 7.91. The Morgan fingerprint density at radius 3 is 2.80 bits per heavy atom. The van der Waals surface area contributed by atoms with Gasteiger partial charge in [0.15, 0.2) is 0 Å². The van der Waals surface area contributed by atoms with Crippen LogP contribution in [0, 0.1) is 0 Å². The van der Waals surface area contributed by atoms with E-state index in [-0.39, 0.29) is 5.56 Å². The predicted molar refractivity (Wildman–Crippen MR) is 99.9 cm³/mol. The van der Waals surface area contributed by atoms with Gasteiger partial charge in [0.1, 0.15) is 16.7 Å². The van der Waals surface area contributed by atoms with Crippen molar-refractivity contribution < 1.29 is 9.90 Å². The van der Waals surface area contributed by atoms with Crippen LogP contribution in [0.2, 0.25) is 5.02 Å². The van der Waals surface area contributed by atoms with E-state index in [1.54, 1.807) is 12.1 Å². The van der Waals surface area contributed by atoms with E-state index < -0.39 is 12.0 Å². The number of thiophene rings is 1. The topological polar surface area (TPSA) is 72.2 Å². The van der Waals surface area contributed by atoms with Crippen molar-refractivity contribution >= 4 is 39.1 Å². The highest BCUT2D eigenvalue weighted by Gasteiger charge is 2.22. The van der Waals surface area contributed by atoms with E-state index in [0.29, 0.717) is 27.5 Å². The van der Waals surface area contributed by atoms with E-state index in [2.05, 4.69) is 4.98 Å². The molecule has 2 heterocycles. The predicted octanol–water partition coefficient (Wildman–Crippen LogP) is 3.91. The standard InChI is InChI=1S/C18H17ClN2O3S/c1-3-13-9-14-16(25-13)20-15(8-11-5-4-6-12(19)7-11)21(17(14)22)10(2)18(23)24/h4-7,9-10H,3,8H2,1-2H3,(H,23,24). The van der Waals surface area contributed by atoms with E-state index in [9.17, 15) is 14.7 Å². The fourth-order valence-corrected chi connectivity index (χ4v) is 3.91. The van der Waals surface area contributed by atoms with Crippen LogP contribution in [0.15, 0.2) is 35.1 Å². The minimum Gasteiger partial charge on any atom is -0.480 e.